The predicted octanol–water partition coefficient (Wildman–Crippen LogP) is 4.77. The SMILES string of the molecule is O=C(c1ccc(-c2ccc(F)cc2F)s1)c1cccc(O)c1F. The number of rotatable bonds is 3. The van der Waals surface area contributed by atoms with Crippen molar-refractivity contribution in [3.05, 3.63) is 76.4 Å². The van der Waals surface area contributed by atoms with E-state index in [1.54, 1.807) is 0 Å². The maximum Gasteiger partial charge on any atom is 0.206 e. The van der Waals surface area contributed by atoms with Crippen molar-refractivity contribution in [2.45, 2.75) is 0 Å². The minimum absolute atomic E-state index is 0.159. The van der Waals surface area contributed by atoms with Gasteiger partial charge in [-0.3, -0.25) is 4.79 Å². The molecule has 0 saturated carbocycles. The Hall–Kier alpha value is -2.60. The van der Waals surface area contributed by atoms with Crippen LogP contribution >= 0.6 is 11.3 Å². The van der Waals surface area contributed by atoms with Crippen molar-refractivity contribution in [1.82, 2.24) is 0 Å². The third kappa shape index (κ3) is 2.85. The zero-order valence-electron chi connectivity index (χ0n) is 11.5. The number of benzene rings is 2. The highest BCUT2D eigenvalue weighted by atomic mass is 32.1. The molecule has 0 saturated heterocycles. The normalized spacial score (nSPS) is 10.7. The Balaban J connectivity index is 1.98. The molecule has 0 spiro atoms. The highest BCUT2D eigenvalue weighted by Gasteiger charge is 2.19. The molecule has 0 aliphatic carbocycles. The van der Waals surface area contributed by atoms with Crippen LogP contribution in [0.4, 0.5) is 13.2 Å². The minimum Gasteiger partial charge on any atom is -0.505 e. The molecule has 0 atom stereocenters. The smallest absolute Gasteiger partial charge is 0.206 e. The molecule has 1 heterocycles. The second-order valence-electron chi connectivity index (χ2n) is 4.76. The molecule has 0 aliphatic rings. The molecule has 0 radical (unpaired) electrons. The molecule has 3 rings (SSSR count). The number of carbonyl (C=O) groups excluding carboxylic acids is 1. The van der Waals surface area contributed by atoms with Crippen molar-refractivity contribution in [3.8, 4) is 16.2 Å². The van der Waals surface area contributed by atoms with Crippen LogP contribution in [0.3, 0.4) is 0 Å². The van der Waals surface area contributed by atoms with Gasteiger partial charge in [0.15, 0.2) is 11.6 Å². The monoisotopic (exact) mass is 334 g/mol. The van der Waals surface area contributed by atoms with Crippen LogP contribution in [0.1, 0.15) is 15.2 Å². The van der Waals surface area contributed by atoms with Gasteiger partial charge in [0, 0.05) is 16.5 Å². The van der Waals surface area contributed by atoms with Crippen LogP contribution in [0.2, 0.25) is 0 Å². The van der Waals surface area contributed by atoms with Crippen molar-refractivity contribution >= 4 is 17.1 Å². The second kappa shape index (κ2) is 5.89. The molecule has 2 nitrogen and oxygen atoms in total. The van der Waals surface area contributed by atoms with Gasteiger partial charge in [-0.15, -0.1) is 11.3 Å². The van der Waals surface area contributed by atoms with E-state index in [2.05, 4.69) is 0 Å². The van der Waals surface area contributed by atoms with E-state index in [-0.39, 0.29) is 16.0 Å². The summed E-state index contributed by atoms with van der Waals surface area (Å²) in [5.41, 5.74) is -0.107. The lowest BCUT2D eigenvalue weighted by molar-refractivity contribution is 0.103. The number of phenolic OH excluding ortho intramolecular Hbond substituents is 1. The first kappa shape index (κ1) is 15.3. The summed E-state index contributed by atoms with van der Waals surface area (Å²) in [6.45, 7) is 0. The number of hydrogen-bond acceptors (Lipinski definition) is 3. The van der Waals surface area contributed by atoms with Crippen molar-refractivity contribution in [3.63, 3.8) is 0 Å². The third-order valence-corrected chi connectivity index (χ3v) is 4.37. The molecule has 0 aliphatic heterocycles. The Morgan fingerprint density at radius 1 is 1.00 bits per heavy atom. The van der Waals surface area contributed by atoms with Gasteiger partial charge in [-0.1, -0.05) is 6.07 Å². The molecule has 1 aromatic heterocycles. The van der Waals surface area contributed by atoms with E-state index in [0.29, 0.717) is 4.88 Å². The van der Waals surface area contributed by atoms with Crippen LogP contribution in [-0.2, 0) is 0 Å². The Labute approximate surface area is 133 Å². The van der Waals surface area contributed by atoms with Gasteiger partial charge in [0.2, 0.25) is 5.78 Å². The summed E-state index contributed by atoms with van der Waals surface area (Å²) >= 11 is 0.963. The van der Waals surface area contributed by atoms with Crippen LogP contribution in [0.15, 0.2) is 48.5 Å². The first-order valence-electron chi connectivity index (χ1n) is 6.55. The molecule has 1 N–H and O–H groups in total. The first-order valence-corrected chi connectivity index (χ1v) is 7.36. The molecule has 0 fully saturated rings. The summed E-state index contributed by atoms with van der Waals surface area (Å²) in [6, 6.07) is 9.86. The van der Waals surface area contributed by atoms with E-state index in [9.17, 15) is 23.1 Å². The number of ketones is 1. The average molecular weight is 334 g/mol. The largest absolute Gasteiger partial charge is 0.505 e. The Kier molecular flexibility index (Phi) is 3.92. The predicted molar refractivity (Wildman–Crippen MR) is 81.2 cm³/mol. The number of hydrogen-bond donors (Lipinski definition) is 1. The zero-order chi connectivity index (χ0) is 16.6. The van der Waals surface area contributed by atoms with Gasteiger partial charge in [0.25, 0.3) is 0 Å². The number of carbonyl (C=O) groups is 1. The molecule has 0 unspecified atom stereocenters. The third-order valence-electron chi connectivity index (χ3n) is 3.25. The maximum atomic E-state index is 13.8. The number of phenols is 1. The molecule has 0 bridgehead atoms. The standard InChI is InChI=1S/C17H9F3O2S/c18-9-4-5-10(12(19)8-9)14-6-7-15(23-14)17(22)11-2-1-3-13(21)16(11)20/h1-8,21H. The minimum atomic E-state index is -1.000. The Bertz CT molecular complexity index is 903. The first-order chi connectivity index (χ1) is 11.0. The van der Waals surface area contributed by atoms with Crippen LogP contribution in [-0.4, -0.2) is 10.9 Å². The van der Waals surface area contributed by atoms with E-state index < -0.39 is 29.0 Å². The quantitative estimate of drug-likeness (QED) is 0.701. The number of halogens is 3. The molecule has 6 heteroatoms. The van der Waals surface area contributed by atoms with Gasteiger partial charge in [-0.05, 0) is 36.4 Å². The highest BCUT2D eigenvalue weighted by molar-refractivity contribution is 7.17. The summed E-state index contributed by atoms with van der Waals surface area (Å²) < 4.78 is 40.5. The topological polar surface area (TPSA) is 37.3 Å². The molecule has 116 valence electrons. The number of thiophene rings is 1. The van der Waals surface area contributed by atoms with E-state index in [1.807, 2.05) is 0 Å². The zero-order valence-corrected chi connectivity index (χ0v) is 12.3. The lowest BCUT2D eigenvalue weighted by atomic mass is 10.1. The van der Waals surface area contributed by atoms with Crippen molar-refractivity contribution in [1.29, 1.82) is 0 Å². The van der Waals surface area contributed by atoms with Crippen molar-refractivity contribution < 1.29 is 23.1 Å². The van der Waals surface area contributed by atoms with Crippen LogP contribution in [0.25, 0.3) is 10.4 Å². The molecule has 2 aromatic carbocycles. The Morgan fingerprint density at radius 3 is 2.52 bits per heavy atom. The fourth-order valence-electron chi connectivity index (χ4n) is 2.12. The van der Waals surface area contributed by atoms with Gasteiger partial charge in [0.05, 0.1) is 10.4 Å². The summed E-state index contributed by atoms with van der Waals surface area (Å²) in [4.78, 5) is 12.9. The lowest BCUT2D eigenvalue weighted by Crippen LogP contribution is -2.01. The fraction of sp³-hybridized carbons (Fsp3) is 0. The van der Waals surface area contributed by atoms with E-state index in [0.717, 1.165) is 29.5 Å². The second-order valence-corrected chi connectivity index (χ2v) is 5.84. The molecule has 0 amide bonds. The highest BCUT2D eigenvalue weighted by Crippen LogP contribution is 2.32. The molecule has 23 heavy (non-hydrogen) atoms. The van der Waals surface area contributed by atoms with Gasteiger partial charge in [0.1, 0.15) is 11.6 Å². The number of aromatic hydroxyl groups is 1. The molecular weight excluding hydrogens is 325 g/mol. The van der Waals surface area contributed by atoms with E-state index in [1.165, 1.54) is 30.3 Å². The van der Waals surface area contributed by atoms with Gasteiger partial charge in [-0.25, -0.2) is 13.2 Å². The lowest BCUT2D eigenvalue weighted by Gasteiger charge is -2.02. The summed E-state index contributed by atoms with van der Waals surface area (Å²) in [7, 11) is 0. The Morgan fingerprint density at radius 2 is 1.78 bits per heavy atom. The summed E-state index contributed by atoms with van der Waals surface area (Å²) in [6.07, 6.45) is 0. The van der Waals surface area contributed by atoms with Gasteiger partial charge >= 0.3 is 0 Å². The molecular formula is C17H9F3O2S. The van der Waals surface area contributed by atoms with Gasteiger partial charge < -0.3 is 5.11 Å². The van der Waals surface area contributed by atoms with Gasteiger partial charge in [-0.2, -0.15) is 0 Å². The summed E-state index contributed by atoms with van der Waals surface area (Å²) in [5.74, 6) is -3.66. The van der Waals surface area contributed by atoms with Crippen molar-refractivity contribution in [2.75, 3.05) is 0 Å². The van der Waals surface area contributed by atoms with Crippen LogP contribution in [0, 0.1) is 17.5 Å². The van der Waals surface area contributed by atoms with Crippen LogP contribution in [0.5, 0.6) is 5.75 Å². The fourth-order valence-corrected chi connectivity index (χ4v) is 3.11. The summed E-state index contributed by atoms with van der Waals surface area (Å²) in [5, 5.41) is 9.33. The van der Waals surface area contributed by atoms with E-state index in [4.69, 9.17) is 0 Å². The average Bonchev–Trinajstić information content (AvgIpc) is 2.99. The van der Waals surface area contributed by atoms with E-state index >= 15 is 0 Å². The van der Waals surface area contributed by atoms with Crippen LogP contribution < -0.4 is 0 Å². The maximum absolute atomic E-state index is 13.8. The molecule has 3 aromatic rings. The van der Waals surface area contributed by atoms with Crippen molar-refractivity contribution in [2.24, 2.45) is 0 Å².